The van der Waals surface area contributed by atoms with E-state index in [-0.39, 0.29) is 6.17 Å². The van der Waals surface area contributed by atoms with E-state index in [1.165, 1.54) is 4.31 Å². The maximum atomic E-state index is 12.3. The minimum Gasteiger partial charge on any atom is -0.315 e. The summed E-state index contributed by atoms with van der Waals surface area (Å²) in [6.45, 7) is 2.33. The summed E-state index contributed by atoms with van der Waals surface area (Å²) < 4.78 is 26.0. The quantitative estimate of drug-likeness (QED) is 0.841. The van der Waals surface area contributed by atoms with Crippen molar-refractivity contribution in [2.75, 3.05) is 6.54 Å². The van der Waals surface area contributed by atoms with Crippen molar-refractivity contribution < 1.29 is 8.42 Å². The second kappa shape index (κ2) is 4.16. The molecule has 0 aromatic heterocycles. The van der Waals surface area contributed by atoms with Crippen LogP contribution in [-0.4, -0.2) is 25.4 Å². The lowest BCUT2D eigenvalue weighted by Crippen LogP contribution is -2.41. The molecule has 1 saturated heterocycles. The number of sulfonamides is 1. The van der Waals surface area contributed by atoms with Gasteiger partial charge in [0, 0.05) is 6.54 Å². The van der Waals surface area contributed by atoms with E-state index in [1.807, 2.05) is 6.07 Å². The number of benzene rings is 1. The van der Waals surface area contributed by atoms with Crippen molar-refractivity contribution >= 4 is 10.0 Å². The van der Waals surface area contributed by atoms with Crippen molar-refractivity contribution in [3.8, 4) is 0 Å². The summed E-state index contributed by atoms with van der Waals surface area (Å²) in [5.74, 6) is 0. The third-order valence-electron chi connectivity index (χ3n) is 2.93. The van der Waals surface area contributed by atoms with E-state index in [2.05, 4.69) is 0 Å². The highest BCUT2D eigenvalue weighted by Crippen LogP contribution is 2.25. The fourth-order valence-corrected chi connectivity index (χ4v) is 3.85. The maximum Gasteiger partial charge on any atom is 0.244 e. The first-order chi connectivity index (χ1) is 7.53. The highest BCUT2D eigenvalue weighted by atomic mass is 32.2. The SMILES string of the molecule is Cc1ccccc1S(=O)(=O)N1CCCC1N. The first kappa shape index (κ1) is 11.6. The van der Waals surface area contributed by atoms with E-state index in [9.17, 15) is 8.42 Å². The van der Waals surface area contributed by atoms with Crippen LogP contribution in [0.1, 0.15) is 18.4 Å². The van der Waals surface area contributed by atoms with Crippen LogP contribution in [-0.2, 0) is 10.0 Å². The van der Waals surface area contributed by atoms with E-state index in [1.54, 1.807) is 25.1 Å². The third-order valence-corrected chi connectivity index (χ3v) is 5.01. The molecule has 0 radical (unpaired) electrons. The first-order valence-corrected chi connectivity index (χ1v) is 6.80. The normalized spacial score (nSPS) is 22.5. The van der Waals surface area contributed by atoms with Crippen molar-refractivity contribution in [2.45, 2.75) is 30.8 Å². The number of nitrogens with two attached hydrogens (primary N) is 1. The van der Waals surface area contributed by atoms with Crippen LogP contribution in [0.4, 0.5) is 0 Å². The number of hydrogen-bond acceptors (Lipinski definition) is 3. The van der Waals surface area contributed by atoms with Crippen molar-refractivity contribution in [1.82, 2.24) is 4.31 Å². The molecule has 1 aromatic rings. The summed E-state index contributed by atoms with van der Waals surface area (Å²) in [7, 11) is -3.41. The van der Waals surface area contributed by atoms with E-state index in [4.69, 9.17) is 5.73 Å². The van der Waals surface area contributed by atoms with Crippen LogP contribution in [0.3, 0.4) is 0 Å². The van der Waals surface area contributed by atoms with Gasteiger partial charge in [-0.25, -0.2) is 8.42 Å². The number of aryl methyl sites for hydroxylation is 1. The van der Waals surface area contributed by atoms with Crippen LogP contribution >= 0.6 is 0 Å². The Kier molecular flexibility index (Phi) is 3.01. The van der Waals surface area contributed by atoms with Gasteiger partial charge in [-0.05, 0) is 31.4 Å². The van der Waals surface area contributed by atoms with Gasteiger partial charge in [-0.3, -0.25) is 0 Å². The smallest absolute Gasteiger partial charge is 0.244 e. The summed E-state index contributed by atoms with van der Waals surface area (Å²) in [6, 6.07) is 7.00. The molecular weight excluding hydrogens is 224 g/mol. The fourth-order valence-electron chi connectivity index (χ4n) is 2.04. The molecule has 88 valence electrons. The highest BCUT2D eigenvalue weighted by molar-refractivity contribution is 7.89. The highest BCUT2D eigenvalue weighted by Gasteiger charge is 2.33. The average molecular weight is 240 g/mol. The van der Waals surface area contributed by atoms with Gasteiger partial charge in [-0.1, -0.05) is 18.2 Å². The van der Waals surface area contributed by atoms with Crippen LogP contribution in [0.15, 0.2) is 29.2 Å². The Labute approximate surface area is 96.1 Å². The monoisotopic (exact) mass is 240 g/mol. The Bertz CT molecular complexity index is 485. The molecular formula is C11H16N2O2S. The van der Waals surface area contributed by atoms with Crippen molar-refractivity contribution in [3.05, 3.63) is 29.8 Å². The molecule has 0 amide bonds. The third kappa shape index (κ3) is 1.86. The van der Waals surface area contributed by atoms with Gasteiger partial charge in [-0.15, -0.1) is 0 Å². The standard InChI is InChI=1S/C11H16N2O2S/c1-9-5-2-3-6-10(9)16(14,15)13-8-4-7-11(13)12/h2-3,5-6,11H,4,7-8,12H2,1H3. The summed E-state index contributed by atoms with van der Waals surface area (Å²) in [5, 5.41) is 0. The second-order valence-corrected chi connectivity index (χ2v) is 5.95. The predicted octanol–water partition coefficient (Wildman–Crippen LogP) is 1.06. The van der Waals surface area contributed by atoms with Gasteiger partial charge < -0.3 is 5.73 Å². The minimum atomic E-state index is -3.41. The molecule has 2 N–H and O–H groups in total. The Morgan fingerprint density at radius 3 is 2.62 bits per heavy atom. The second-order valence-electron chi connectivity index (χ2n) is 4.09. The minimum absolute atomic E-state index is 0.368. The Hall–Kier alpha value is -0.910. The summed E-state index contributed by atoms with van der Waals surface area (Å²) >= 11 is 0. The van der Waals surface area contributed by atoms with Gasteiger partial charge in [0.25, 0.3) is 0 Å². The zero-order chi connectivity index (χ0) is 11.8. The lowest BCUT2D eigenvalue weighted by Gasteiger charge is -2.21. The molecule has 1 aliphatic rings. The topological polar surface area (TPSA) is 63.4 Å². The average Bonchev–Trinajstić information content (AvgIpc) is 2.65. The van der Waals surface area contributed by atoms with Crippen LogP contribution in [0.2, 0.25) is 0 Å². The fraction of sp³-hybridized carbons (Fsp3) is 0.455. The van der Waals surface area contributed by atoms with Crippen molar-refractivity contribution in [2.24, 2.45) is 5.73 Å². The van der Waals surface area contributed by atoms with Crippen LogP contribution in [0, 0.1) is 6.92 Å². The number of rotatable bonds is 2. The van der Waals surface area contributed by atoms with Crippen LogP contribution in [0.25, 0.3) is 0 Å². The molecule has 4 nitrogen and oxygen atoms in total. The molecule has 1 atom stereocenters. The molecule has 1 aliphatic heterocycles. The molecule has 5 heteroatoms. The lowest BCUT2D eigenvalue weighted by molar-refractivity contribution is 0.395. The van der Waals surface area contributed by atoms with Gasteiger partial charge >= 0.3 is 0 Å². The van der Waals surface area contributed by atoms with E-state index in [0.29, 0.717) is 11.4 Å². The first-order valence-electron chi connectivity index (χ1n) is 5.36. The molecule has 2 rings (SSSR count). The molecule has 1 aromatic carbocycles. The maximum absolute atomic E-state index is 12.3. The Morgan fingerprint density at radius 1 is 1.38 bits per heavy atom. The van der Waals surface area contributed by atoms with E-state index in [0.717, 1.165) is 18.4 Å². The van der Waals surface area contributed by atoms with E-state index >= 15 is 0 Å². The number of hydrogen-bond donors (Lipinski definition) is 1. The van der Waals surface area contributed by atoms with E-state index < -0.39 is 10.0 Å². The lowest BCUT2D eigenvalue weighted by atomic mass is 10.2. The Balaban J connectivity index is 2.43. The zero-order valence-electron chi connectivity index (χ0n) is 9.26. The summed E-state index contributed by atoms with van der Waals surface area (Å²) in [5.41, 5.74) is 6.56. The summed E-state index contributed by atoms with van der Waals surface area (Å²) in [4.78, 5) is 0.368. The van der Waals surface area contributed by atoms with Gasteiger partial charge in [0.05, 0.1) is 11.1 Å². The van der Waals surface area contributed by atoms with Crippen LogP contribution < -0.4 is 5.73 Å². The van der Waals surface area contributed by atoms with Gasteiger partial charge in [0.2, 0.25) is 10.0 Å². The molecule has 16 heavy (non-hydrogen) atoms. The number of nitrogens with zero attached hydrogens (tertiary/aromatic N) is 1. The predicted molar refractivity (Wildman–Crippen MR) is 62.3 cm³/mol. The molecule has 0 bridgehead atoms. The molecule has 1 fully saturated rings. The molecule has 0 aliphatic carbocycles. The molecule has 0 saturated carbocycles. The van der Waals surface area contributed by atoms with Gasteiger partial charge in [0.1, 0.15) is 0 Å². The zero-order valence-corrected chi connectivity index (χ0v) is 10.1. The Morgan fingerprint density at radius 2 is 2.06 bits per heavy atom. The van der Waals surface area contributed by atoms with Crippen molar-refractivity contribution in [3.63, 3.8) is 0 Å². The van der Waals surface area contributed by atoms with Crippen LogP contribution in [0.5, 0.6) is 0 Å². The van der Waals surface area contributed by atoms with Gasteiger partial charge in [-0.2, -0.15) is 4.31 Å². The van der Waals surface area contributed by atoms with Crippen molar-refractivity contribution in [1.29, 1.82) is 0 Å². The summed E-state index contributed by atoms with van der Waals surface area (Å²) in [6.07, 6.45) is 1.21. The largest absolute Gasteiger partial charge is 0.315 e. The van der Waals surface area contributed by atoms with Gasteiger partial charge in [0.15, 0.2) is 0 Å². The molecule has 0 spiro atoms. The molecule has 1 heterocycles. The molecule has 1 unspecified atom stereocenters.